The summed E-state index contributed by atoms with van der Waals surface area (Å²) in [5.41, 5.74) is 0.583. The van der Waals surface area contributed by atoms with Gasteiger partial charge in [0.2, 0.25) is 11.8 Å². The van der Waals surface area contributed by atoms with Gasteiger partial charge in [-0.05, 0) is 50.2 Å². The normalized spacial score (nSPS) is 28.4. The molecule has 2 bridgehead atoms. The van der Waals surface area contributed by atoms with Gasteiger partial charge in [0.1, 0.15) is 6.04 Å². The van der Waals surface area contributed by atoms with E-state index in [0.717, 1.165) is 19.3 Å². The molecule has 0 radical (unpaired) electrons. The number of amides is 3. The van der Waals surface area contributed by atoms with Crippen molar-refractivity contribution in [1.29, 1.82) is 0 Å². The lowest BCUT2D eigenvalue weighted by Crippen LogP contribution is -2.57. The van der Waals surface area contributed by atoms with Crippen LogP contribution in [0.2, 0.25) is 5.02 Å². The van der Waals surface area contributed by atoms with Gasteiger partial charge in [-0.25, -0.2) is 0 Å². The standard InChI is InChI=1S/C31H42ClN3O4S/c1-5-15-33(16-6-2)28(37)25-24-20-21(4)31(40-24)26(25)29(38)35(18-11-8-12-19-36)27(31)30(39)34(17-7-3)23-14-10-9-13-22(23)32/h5,7,9-10,13-14,21,24-27,36H,1,3,6,8,11-12,15-20H2,2,4H3/t21?,24-,25+,26+,27?,31?/m1/s1. The Labute approximate surface area is 247 Å². The lowest BCUT2D eigenvalue weighted by atomic mass is 9.65. The van der Waals surface area contributed by atoms with Gasteiger partial charge in [-0.3, -0.25) is 14.4 Å². The highest BCUT2D eigenvalue weighted by Crippen LogP contribution is 2.69. The van der Waals surface area contributed by atoms with Crippen LogP contribution >= 0.6 is 23.4 Å². The predicted octanol–water partition coefficient (Wildman–Crippen LogP) is 4.78. The molecule has 6 atom stereocenters. The van der Waals surface area contributed by atoms with Crippen molar-refractivity contribution in [3.05, 3.63) is 54.6 Å². The van der Waals surface area contributed by atoms with E-state index >= 15 is 0 Å². The van der Waals surface area contributed by atoms with Crippen molar-refractivity contribution in [2.24, 2.45) is 17.8 Å². The molecule has 0 saturated carbocycles. The summed E-state index contributed by atoms with van der Waals surface area (Å²) >= 11 is 8.26. The van der Waals surface area contributed by atoms with Gasteiger partial charge < -0.3 is 19.8 Å². The molecule has 7 nitrogen and oxygen atoms in total. The quantitative estimate of drug-likeness (QED) is 0.250. The fourth-order valence-electron chi connectivity index (χ4n) is 7.07. The van der Waals surface area contributed by atoms with Crippen LogP contribution in [0, 0.1) is 17.8 Å². The Morgan fingerprint density at radius 1 is 1.18 bits per heavy atom. The Morgan fingerprint density at radius 2 is 1.90 bits per heavy atom. The third kappa shape index (κ3) is 5.23. The molecule has 0 aliphatic carbocycles. The molecule has 3 fully saturated rings. The highest BCUT2D eigenvalue weighted by atomic mass is 35.5. The number of anilines is 1. The topological polar surface area (TPSA) is 81.2 Å². The molecule has 9 heteroatoms. The number of carbonyl (C=O) groups excluding carboxylic acids is 3. The summed E-state index contributed by atoms with van der Waals surface area (Å²) in [6.45, 7) is 13.7. The molecule has 3 heterocycles. The predicted molar refractivity (Wildman–Crippen MR) is 162 cm³/mol. The van der Waals surface area contributed by atoms with E-state index < -0.39 is 22.6 Å². The third-order valence-corrected chi connectivity index (χ3v) is 11.1. The molecule has 3 saturated heterocycles. The summed E-state index contributed by atoms with van der Waals surface area (Å²) in [4.78, 5) is 48.3. The van der Waals surface area contributed by atoms with Gasteiger partial charge in [0.15, 0.2) is 0 Å². The van der Waals surface area contributed by atoms with E-state index in [-0.39, 0.29) is 42.0 Å². The second-order valence-electron chi connectivity index (χ2n) is 11.1. The Bertz CT molecular complexity index is 1130. The lowest BCUT2D eigenvalue weighted by Gasteiger charge is -2.41. The molecule has 3 aliphatic heterocycles. The van der Waals surface area contributed by atoms with Crippen LogP contribution in [0.25, 0.3) is 0 Å². The number of aliphatic hydroxyl groups excluding tert-OH is 1. The molecule has 1 aromatic rings. The van der Waals surface area contributed by atoms with Crippen LogP contribution in [0.15, 0.2) is 49.6 Å². The molecule has 40 heavy (non-hydrogen) atoms. The summed E-state index contributed by atoms with van der Waals surface area (Å²) in [6, 6.07) is 6.50. The zero-order chi connectivity index (χ0) is 29.0. The van der Waals surface area contributed by atoms with Gasteiger partial charge in [-0.2, -0.15) is 0 Å². The average molecular weight is 588 g/mol. The van der Waals surface area contributed by atoms with Gasteiger partial charge in [0.25, 0.3) is 5.91 Å². The number of halogens is 1. The maximum absolute atomic E-state index is 14.7. The molecular weight excluding hydrogens is 546 g/mol. The van der Waals surface area contributed by atoms with E-state index in [0.29, 0.717) is 43.2 Å². The number of likely N-dealkylation sites (tertiary alicyclic amines) is 1. The van der Waals surface area contributed by atoms with Crippen LogP contribution in [0.1, 0.15) is 46.0 Å². The first kappa shape index (κ1) is 30.7. The van der Waals surface area contributed by atoms with Crippen LogP contribution in [0.3, 0.4) is 0 Å². The first-order valence-corrected chi connectivity index (χ1v) is 15.7. The van der Waals surface area contributed by atoms with Crippen molar-refractivity contribution in [1.82, 2.24) is 9.80 Å². The minimum absolute atomic E-state index is 0.00578. The molecule has 3 amide bonds. The van der Waals surface area contributed by atoms with Crippen LogP contribution in [-0.4, -0.2) is 81.5 Å². The van der Waals surface area contributed by atoms with Crippen LogP contribution in [0.4, 0.5) is 5.69 Å². The number of benzene rings is 1. The Balaban J connectivity index is 1.78. The van der Waals surface area contributed by atoms with Crippen LogP contribution < -0.4 is 4.90 Å². The molecule has 4 rings (SSSR count). The molecule has 3 aliphatic rings. The van der Waals surface area contributed by atoms with Crippen molar-refractivity contribution in [3.8, 4) is 0 Å². The Hall–Kier alpha value is -2.29. The summed E-state index contributed by atoms with van der Waals surface area (Å²) in [5, 5.41) is 9.74. The number of hydrogen-bond acceptors (Lipinski definition) is 5. The zero-order valence-corrected chi connectivity index (χ0v) is 25.2. The number of thioether (sulfide) groups is 1. The van der Waals surface area contributed by atoms with Gasteiger partial charge in [-0.1, -0.05) is 49.7 Å². The Kier molecular flexibility index (Phi) is 10.1. The van der Waals surface area contributed by atoms with Crippen molar-refractivity contribution in [3.63, 3.8) is 0 Å². The monoisotopic (exact) mass is 587 g/mol. The molecule has 3 unspecified atom stereocenters. The number of carbonyl (C=O) groups is 3. The fraction of sp³-hybridized carbons (Fsp3) is 0.581. The maximum atomic E-state index is 14.7. The summed E-state index contributed by atoms with van der Waals surface area (Å²) in [7, 11) is 0. The van der Waals surface area contributed by atoms with Crippen molar-refractivity contribution in [2.75, 3.05) is 37.7 Å². The zero-order valence-electron chi connectivity index (χ0n) is 23.6. The molecule has 1 spiro atoms. The number of fused-ring (bicyclic) bond motifs is 1. The van der Waals surface area contributed by atoms with E-state index in [9.17, 15) is 19.5 Å². The number of nitrogens with zero attached hydrogens (tertiary/aromatic N) is 3. The number of para-hydroxylation sites is 1. The highest BCUT2D eigenvalue weighted by Gasteiger charge is 2.76. The van der Waals surface area contributed by atoms with E-state index in [2.05, 4.69) is 20.1 Å². The van der Waals surface area contributed by atoms with Gasteiger partial charge in [-0.15, -0.1) is 24.9 Å². The SMILES string of the molecule is C=CCN(CCC)C(=O)[C@@H]1[C@H]2C(=O)N(CCCCCO)C(C(=O)N(CC=C)c3ccccc3Cl)C23S[C@@H]1CC3C. The maximum Gasteiger partial charge on any atom is 0.251 e. The third-order valence-electron chi connectivity index (χ3n) is 8.70. The molecular formula is C31H42ClN3O4S. The first-order chi connectivity index (χ1) is 19.3. The second kappa shape index (κ2) is 13.1. The first-order valence-electron chi connectivity index (χ1n) is 14.4. The molecule has 1 aromatic carbocycles. The van der Waals surface area contributed by atoms with Crippen LogP contribution in [0.5, 0.6) is 0 Å². The molecule has 0 aromatic heterocycles. The number of hydrogen-bond donors (Lipinski definition) is 1. The lowest BCUT2D eigenvalue weighted by molar-refractivity contribution is -0.144. The fourth-order valence-corrected chi connectivity index (χ4v) is 9.72. The van der Waals surface area contributed by atoms with Crippen molar-refractivity contribution in [2.45, 2.75) is 62.0 Å². The van der Waals surface area contributed by atoms with E-state index in [4.69, 9.17) is 11.6 Å². The average Bonchev–Trinajstić information content (AvgIpc) is 3.53. The van der Waals surface area contributed by atoms with E-state index in [1.54, 1.807) is 39.8 Å². The van der Waals surface area contributed by atoms with Crippen molar-refractivity contribution < 1.29 is 19.5 Å². The summed E-state index contributed by atoms with van der Waals surface area (Å²) in [5.74, 6) is -1.25. The second-order valence-corrected chi connectivity index (χ2v) is 13.1. The highest BCUT2D eigenvalue weighted by molar-refractivity contribution is 8.02. The smallest absolute Gasteiger partial charge is 0.251 e. The molecule has 218 valence electrons. The van der Waals surface area contributed by atoms with Crippen LogP contribution in [-0.2, 0) is 14.4 Å². The minimum Gasteiger partial charge on any atom is -0.396 e. The number of unbranched alkanes of at least 4 members (excludes halogenated alkanes) is 2. The van der Waals surface area contributed by atoms with E-state index in [1.165, 1.54) is 0 Å². The number of aliphatic hydroxyl groups is 1. The minimum atomic E-state index is -0.725. The van der Waals surface area contributed by atoms with Crippen molar-refractivity contribution >= 4 is 46.8 Å². The van der Waals surface area contributed by atoms with Gasteiger partial charge in [0.05, 0.1) is 27.3 Å². The van der Waals surface area contributed by atoms with Gasteiger partial charge in [0, 0.05) is 38.0 Å². The summed E-state index contributed by atoms with van der Waals surface area (Å²) in [6.07, 6.45) is 7.07. The van der Waals surface area contributed by atoms with Gasteiger partial charge >= 0.3 is 0 Å². The summed E-state index contributed by atoms with van der Waals surface area (Å²) < 4.78 is -0.705. The van der Waals surface area contributed by atoms with E-state index in [1.807, 2.05) is 30.0 Å². The molecule has 1 N–H and O–H groups in total. The number of rotatable bonds is 14. The Morgan fingerprint density at radius 3 is 2.55 bits per heavy atom. The largest absolute Gasteiger partial charge is 0.396 e.